The molecule has 2 N–H and O–H groups in total. The van der Waals surface area contributed by atoms with Crippen molar-refractivity contribution in [3.8, 4) is 11.4 Å². The first-order chi connectivity index (χ1) is 10.4. The van der Waals surface area contributed by atoms with Crippen LogP contribution in [-0.4, -0.2) is 34.3 Å². The fourth-order valence-electron chi connectivity index (χ4n) is 2.36. The van der Waals surface area contributed by atoms with Crippen molar-refractivity contribution in [3.63, 3.8) is 0 Å². The SMILES string of the molecule is NCCOCCn1c(-c2cccnc2)nc2ccccc21. The Morgan fingerprint density at radius 1 is 1.10 bits per heavy atom. The summed E-state index contributed by atoms with van der Waals surface area (Å²) in [6.07, 6.45) is 3.60. The molecule has 0 spiro atoms. The Kier molecular flexibility index (Phi) is 4.23. The predicted molar refractivity (Wildman–Crippen MR) is 82.8 cm³/mol. The monoisotopic (exact) mass is 282 g/mol. The van der Waals surface area contributed by atoms with Gasteiger partial charge in [-0.3, -0.25) is 4.98 Å². The van der Waals surface area contributed by atoms with Crippen LogP contribution in [0.25, 0.3) is 22.4 Å². The molecule has 21 heavy (non-hydrogen) atoms. The number of ether oxygens (including phenoxy) is 1. The number of aromatic nitrogens is 3. The van der Waals surface area contributed by atoms with Crippen molar-refractivity contribution >= 4 is 11.0 Å². The molecular weight excluding hydrogens is 264 g/mol. The third-order valence-corrected chi connectivity index (χ3v) is 3.30. The highest BCUT2D eigenvalue weighted by molar-refractivity contribution is 5.80. The number of nitrogens with two attached hydrogens (primary N) is 1. The Balaban J connectivity index is 1.98. The molecule has 3 rings (SSSR count). The van der Waals surface area contributed by atoms with Gasteiger partial charge in [0.15, 0.2) is 0 Å². The van der Waals surface area contributed by atoms with Crippen LogP contribution < -0.4 is 5.73 Å². The normalized spacial score (nSPS) is 11.1. The average molecular weight is 282 g/mol. The van der Waals surface area contributed by atoms with E-state index in [2.05, 4.69) is 15.6 Å². The van der Waals surface area contributed by atoms with Crippen LogP contribution in [0.15, 0.2) is 48.8 Å². The molecule has 2 heterocycles. The molecule has 0 saturated heterocycles. The lowest BCUT2D eigenvalue weighted by molar-refractivity contribution is 0.134. The summed E-state index contributed by atoms with van der Waals surface area (Å²) in [5.74, 6) is 0.917. The topological polar surface area (TPSA) is 66.0 Å². The molecule has 0 aliphatic rings. The van der Waals surface area contributed by atoms with E-state index < -0.39 is 0 Å². The van der Waals surface area contributed by atoms with Crippen molar-refractivity contribution < 1.29 is 4.74 Å². The molecule has 0 aliphatic carbocycles. The van der Waals surface area contributed by atoms with Crippen molar-refractivity contribution in [1.29, 1.82) is 0 Å². The fourth-order valence-corrected chi connectivity index (χ4v) is 2.36. The maximum Gasteiger partial charge on any atom is 0.142 e. The summed E-state index contributed by atoms with van der Waals surface area (Å²) in [7, 11) is 0. The van der Waals surface area contributed by atoms with Crippen molar-refractivity contribution in [1.82, 2.24) is 14.5 Å². The fraction of sp³-hybridized carbons (Fsp3) is 0.250. The lowest BCUT2D eigenvalue weighted by Crippen LogP contribution is -2.13. The summed E-state index contributed by atoms with van der Waals surface area (Å²) in [5, 5.41) is 0. The van der Waals surface area contributed by atoms with Crippen LogP contribution in [0.1, 0.15) is 0 Å². The lowest BCUT2D eigenvalue weighted by atomic mass is 10.2. The van der Waals surface area contributed by atoms with Gasteiger partial charge in [0.25, 0.3) is 0 Å². The van der Waals surface area contributed by atoms with Gasteiger partial charge in [-0.2, -0.15) is 0 Å². The number of hydrogen-bond donors (Lipinski definition) is 1. The van der Waals surface area contributed by atoms with E-state index in [-0.39, 0.29) is 0 Å². The van der Waals surface area contributed by atoms with Crippen molar-refractivity contribution in [3.05, 3.63) is 48.8 Å². The Morgan fingerprint density at radius 2 is 2.00 bits per heavy atom. The molecule has 0 bridgehead atoms. The van der Waals surface area contributed by atoms with Gasteiger partial charge in [-0.05, 0) is 24.3 Å². The smallest absolute Gasteiger partial charge is 0.142 e. The highest BCUT2D eigenvalue weighted by Gasteiger charge is 2.11. The van der Waals surface area contributed by atoms with Gasteiger partial charge in [0, 0.05) is 31.0 Å². The van der Waals surface area contributed by atoms with Crippen LogP contribution >= 0.6 is 0 Å². The number of pyridine rings is 1. The van der Waals surface area contributed by atoms with E-state index in [4.69, 9.17) is 15.5 Å². The summed E-state index contributed by atoms with van der Waals surface area (Å²) >= 11 is 0. The second-order valence-electron chi connectivity index (χ2n) is 4.72. The Morgan fingerprint density at radius 3 is 2.81 bits per heavy atom. The van der Waals surface area contributed by atoms with Gasteiger partial charge in [-0.25, -0.2) is 4.98 Å². The first kappa shape index (κ1) is 13.7. The van der Waals surface area contributed by atoms with Crippen molar-refractivity contribution in [2.45, 2.75) is 6.54 Å². The standard InChI is InChI=1S/C16H18N4O/c17-7-10-21-11-9-20-15-6-2-1-5-14(15)19-16(20)13-4-3-8-18-12-13/h1-6,8,12H,7,9-11,17H2. The van der Waals surface area contributed by atoms with Gasteiger partial charge >= 0.3 is 0 Å². The zero-order valence-electron chi connectivity index (χ0n) is 11.8. The zero-order chi connectivity index (χ0) is 14.5. The number of fused-ring (bicyclic) bond motifs is 1. The number of benzene rings is 1. The van der Waals surface area contributed by atoms with E-state index in [1.807, 2.05) is 36.5 Å². The van der Waals surface area contributed by atoms with Gasteiger partial charge in [0.05, 0.1) is 24.2 Å². The summed E-state index contributed by atoms with van der Waals surface area (Å²) in [6.45, 7) is 2.48. The predicted octanol–water partition coefficient (Wildman–Crippen LogP) is 2.07. The van der Waals surface area contributed by atoms with E-state index in [0.29, 0.717) is 19.8 Å². The first-order valence-electron chi connectivity index (χ1n) is 7.03. The quantitative estimate of drug-likeness (QED) is 0.703. The minimum Gasteiger partial charge on any atom is -0.378 e. The van der Waals surface area contributed by atoms with Gasteiger partial charge in [-0.15, -0.1) is 0 Å². The number of para-hydroxylation sites is 2. The van der Waals surface area contributed by atoms with Crippen molar-refractivity contribution in [2.75, 3.05) is 19.8 Å². The maximum atomic E-state index is 5.51. The molecule has 3 aromatic rings. The van der Waals surface area contributed by atoms with Crippen molar-refractivity contribution in [2.24, 2.45) is 5.73 Å². The second kappa shape index (κ2) is 6.47. The lowest BCUT2D eigenvalue weighted by Gasteiger charge is -2.09. The van der Waals surface area contributed by atoms with E-state index in [9.17, 15) is 0 Å². The third kappa shape index (κ3) is 2.94. The van der Waals surface area contributed by atoms with Gasteiger partial charge in [0.1, 0.15) is 5.82 Å². The largest absolute Gasteiger partial charge is 0.378 e. The molecule has 0 unspecified atom stereocenters. The van der Waals surface area contributed by atoms with E-state index in [1.54, 1.807) is 6.20 Å². The van der Waals surface area contributed by atoms with Gasteiger partial charge in [-0.1, -0.05) is 12.1 Å². The van der Waals surface area contributed by atoms with Crippen LogP contribution in [0.3, 0.4) is 0 Å². The highest BCUT2D eigenvalue weighted by atomic mass is 16.5. The minimum atomic E-state index is 0.542. The molecule has 0 aliphatic heterocycles. The summed E-state index contributed by atoms with van der Waals surface area (Å²) in [5.41, 5.74) is 8.54. The van der Waals surface area contributed by atoms with Crippen LogP contribution in [0.5, 0.6) is 0 Å². The third-order valence-electron chi connectivity index (χ3n) is 3.30. The van der Waals surface area contributed by atoms with Gasteiger partial charge < -0.3 is 15.0 Å². The average Bonchev–Trinajstić information content (AvgIpc) is 2.91. The number of nitrogens with zero attached hydrogens (tertiary/aromatic N) is 3. The Hall–Kier alpha value is -2.24. The van der Waals surface area contributed by atoms with E-state index in [0.717, 1.165) is 29.0 Å². The second-order valence-corrected chi connectivity index (χ2v) is 4.72. The van der Waals surface area contributed by atoms with E-state index >= 15 is 0 Å². The Labute approximate surface area is 123 Å². The molecular formula is C16H18N4O. The van der Waals surface area contributed by atoms with Crippen LogP contribution in [0, 0.1) is 0 Å². The summed E-state index contributed by atoms with van der Waals surface area (Å²) < 4.78 is 7.68. The molecule has 0 saturated carbocycles. The molecule has 0 fully saturated rings. The molecule has 0 atom stereocenters. The Bertz CT molecular complexity index is 709. The first-order valence-corrected chi connectivity index (χ1v) is 7.03. The van der Waals surface area contributed by atoms with Crippen LogP contribution in [-0.2, 0) is 11.3 Å². The molecule has 108 valence electrons. The summed E-state index contributed by atoms with van der Waals surface area (Å²) in [4.78, 5) is 8.91. The summed E-state index contributed by atoms with van der Waals surface area (Å²) in [6, 6.07) is 12.1. The van der Waals surface area contributed by atoms with E-state index in [1.165, 1.54) is 0 Å². The van der Waals surface area contributed by atoms with Crippen LogP contribution in [0.4, 0.5) is 0 Å². The minimum absolute atomic E-state index is 0.542. The number of rotatable bonds is 6. The number of hydrogen-bond acceptors (Lipinski definition) is 4. The molecule has 0 radical (unpaired) electrons. The van der Waals surface area contributed by atoms with Crippen LogP contribution in [0.2, 0.25) is 0 Å². The molecule has 5 nitrogen and oxygen atoms in total. The zero-order valence-corrected chi connectivity index (χ0v) is 11.8. The van der Waals surface area contributed by atoms with Gasteiger partial charge in [0.2, 0.25) is 0 Å². The number of imidazole rings is 1. The molecule has 0 amide bonds. The maximum absolute atomic E-state index is 5.51. The highest BCUT2D eigenvalue weighted by Crippen LogP contribution is 2.23. The molecule has 2 aromatic heterocycles. The molecule has 5 heteroatoms. The molecule has 1 aromatic carbocycles.